The predicted octanol–water partition coefficient (Wildman–Crippen LogP) is 3.95. The molecule has 16 heavy (non-hydrogen) atoms. The minimum Gasteiger partial charge on any atom is -0.496 e. The van der Waals surface area contributed by atoms with E-state index in [0.29, 0.717) is 0 Å². The van der Waals surface area contributed by atoms with Crippen LogP contribution in [0, 0.1) is 0 Å². The number of ether oxygens (including phenoxy) is 1. The highest BCUT2D eigenvalue weighted by molar-refractivity contribution is 6.44. The van der Waals surface area contributed by atoms with E-state index in [1.165, 1.54) is 31.6 Å². The summed E-state index contributed by atoms with van der Waals surface area (Å²) in [5, 5.41) is 0.162. The van der Waals surface area contributed by atoms with E-state index in [4.69, 9.17) is 16.3 Å². The SMILES string of the molecule is CC/C=C/C(=O)/C(Cl)=C/OC1CCCCC1. The maximum absolute atomic E-state index is 11.4. The fourth-order valence-electron chi connectivity index (χ4n) is 1.72. The van der Waals surface area contributed by atoms with Crippen LogP contribution in [0.5, 0.6) is 0 Å². The van der Waals surface area contributed by atoms with Gasteiger partial charge in [-0.3, -0.25) is 4.79 Å². The molecule has 1 saturated carbocycles. The van der Waals surface area contributed by atoms with E-state index < -0.39 is 0 Å². The monoisotopic (exact) mass is 242 g/mol. The summed E-state index contributed by atoms with van der Waals surface area (Å²) in [7, 11) is 0. The van der Waals surface area contributed by atoms with Gasteiger partial charge >= 0.3 is 0 Å². The molecule has 0 atom stereocenters. The second-order valence-corrected chi connectivity index (χ2v) is 4.44. The summed E-state index contributed by atoms with van der Waals surface area (Å²) in [5.41, 5.74) is 0. The molecular weight excluding hydrogens is 224 g/mol. The molecule has 0 aromatic carbocycles. The van der Waals surface area contributed by atoms with Gasteiger partial charge in [0.1, 0.15) is 11.3 Å². The zero-order chi connectivity index (χ0) is 11.8. The number of carbonyl (C=O) groups excluding carboxylic acids is 1. The molecule has 1 aliphatic carbocycles. The number of carbonyl (C=O) groups is 1. The quantitative estimate of drug-likeness (QED) is 0.539. The molecule has 0 radical (unpaired) electrons. The highest BCUT2D eigenvalue weighted by Gasteiger charge is 2.13. The van der Waals surface area contributed by atoms with E-state index in [0.717, 1.165) is 19.3 Å². The summed E-state index contributed by atoms with van der Waals surface area (Å²) in [4.78, 5) is 11.4. The van der Waals surface area contributed by atoms with E-state index >= 15 is 0 Å². The van der Waals surface area contributed by atoms with E-state index in [9.17, 15) is 4.79 Å². The van der Waals surface area contributed by atoms with Gasteiger partial charge in [-0.15, -0.1) is 0 Å². The summed E-state index contributed by atoms with van der Waals surface area (Å²) < 4.78 is 5.50. The van der Waals surface area contributed by atoms with Crippen molar-refractivity contribution in [2.45, 2.75) is 51.6 Å². The molecule has 90 valence electrons. The molecular formula is C13H19ClO2. The summed E-state index contributed by atoms with van der Waals surface area (Å²) in [5.74, 6) is -0.181. The molecule has 0 aliphatic heterocycles. The van der Waals surface area contributed by atoms with E-state index in [1.807, 2.05) is 6.92 Å². The van der Waals surface area contributed by atoms with Crippen molar-refractivity contribution in [3.8, 4) is 0 Å². The van der Waals surface area contributed by atoms with Crippen molar-refractivity contribution in [2.75, 3.05) is 0 Å². The largest absolute Gasteiger partial charge is 0.496 e. The number of hydrogen-bond acceptors (Lipinski definition) is 2. The van der Waals surface area contributed by atoms with E-state index in [2.05, 4.69) is 0 Å². The van der Waals surface area contributed by atoms with Crippen LogP contribution >= 0.6 is 11.6 Å². The smallest absolute Gasteiger partial charge is 0.199 e. The van der Waals surface area contributed by atoms with E-state index in [1.54, 1.807) is 6.08 Å². The summed E-state index contributed by atoms with van der Waals surface area (Å²) in [6.45, 7) is 1.97. The molecule has 1 aliphatic rings. The van der Waals surface area contributed by atoms with Gasteiger partial charge in [-0.2, -0.15) is 0 Å². The summed E-state index contributed by atoms with van der Waals surface area (Å²) in [6.07, 6.45) is 11.6. The number of allylic oxidation sites excluding steroid dienone is 3. The molecule has 0 aromatic rings. The van der Waals surface area contributed by atoms with Crippen LogP contribution in [0.3, 0.4) is 0 Å². The highest BCUT2D eigenvalue weighted by Crippen LogP contribution is 2.21. The van der Waals surface area contributed by atoms with Crippen LogP contribution in [0.15, 0.2) is 23.4 Å². The Balaban J connectivity index is 2.37. The van der Waals surface area contributed by atoms with Gasteiger partial charge < -0.3 is 4.74 Å². The van der Waals surface area contributed by atoms with Gasteiger partial charge in [0.25, 0.3) is 0 Å². The van der Waals surface area contributed by atoms with Crippen LogP contribution in [-0.4, -0.2) is 11.9 Å². The Morgan fingerprint density at radius 2 is 2.06 bits per heavy atom. The predicted molar refractivity (Wildman–Crippen MR) is 66.3 cm³/mol. The zero-order valence-corrected chi connectivity index (χ0v) is 10.5. The average Bonchev–Trinajstić information content (AvgIpc) is 2.34. The number of rotatable bonds is 5. The third-order valence-electron chi connectivity index (χ3n) is 2.66. The van der Waals surface area contributed by atoms with Crippen molar-refractivity contribution in [3.05, 3.63) is 23.4 Å². The molecule has 1 fully saturated rings. The lowest BCUT2D eigenvalue weighted by Gasteiger charge is -2.20. The summed E-state index contributed by atoms with van der Waals surface area (Å²) >= 11 is 5.82. The Morgan fingerprint density at radius 1 is 1.38 bits per heavy atom. The lowest BCUT2D eigenvalue weighted by molar-refractivity contribution is -0.110. The molecule has 0 saturated heterocycles. The standard InChI is InChI=1S/C13H19ClO2/c1-2-3-9-13(15)12(14)10-16-11-7-5-4-6-8-11/h3,9-11H,2,4-8H2,1H3/b9-3+,12-10-. The Kier molecular flexibility index (Phi) is 6.24. The molecule has 0 N–H and O–H groups in total. The summed E-state index contributed by atoms with van der Waals surface area (Å²) in [6, 6.07) is 0. The normalized spacial score (nSPS) is 19.0. The molecule has 0 bridgehead atoms. The average molecular weight is 243 g/mol. The number of hydrogen-bond donors (Lipinski definition) is 0. The topological polar surface area (TPSA) is 26.3 Å². The van der Waals surface area contributed by atoms with Crippen molar-refractivity contribution < 1.29 is 9.53 Å². The zero-order valence-electron chi connectivity index (χ0n) is 9.75. The molecule has 0 amide bonds. The van der Waals surface area contributed by atoms with Crippen LogP contribution in [-0.2, 0) is 9.53 Å². The number of ketones is 1. The van der Waals surface area contributed by atoms with Gasteiger partial charge in [0.05, 0.1) is 6.10 Å². The Labute approximate surface area is 102 Å². The van der Waals surface area contributed by atoms with Gasteiger partial charge in [0, 0.05) is 0 Å². The van der Waals surface area contributed by atoms with Crippen LogP contribution in [0.1, 0.15) is 45.4 Å². The maximum atomic E-state index is 11.4. The Hall–Kier alpha value is -0.760. The lowest BCUT2D eigenvalue weighted by atomic mass is 9.98. The van der Waals surface area contributed by atoms with Crippen molar-refractivity contribution in [3.63, 3.8) is 0 Å². The third-order valence-corrected chi connectivity index (χ3v) is 2.93. The van der Waals surface area contributed by atoms with Gasteiger partial charge in [0.15, 0.2) is 5.78 Å². The first-order valence-electron chi connectivity index (χ1n) is 5.96. The molecule has 1 rings (SSSR count). The van der Waals surface area contributed by atoms with Gasteiger partial charge in [-0.25, -0.2) is 0 Å². The van der Waals surface area contributed by atoms with Crippen LogP contribution in [0.25, 0.3) is 0 Å². The first kappa shape index (κ1) is 13.3. The Morgan fingerprint density at radius 3 is 2.69 bits per heavy atom. The molecule has 3 heteroatoms. The molecule has 0 heterocycles. The van der Waals surface area contributed by atoms with Gasteiger partial charge in [-0.05, 0) is 38.2 Å². The highest BCUT2D eigenvalue weighted by atomic mass is 35.5. The molecule has 2 nitrogen and oxygen atoms in total. The van der Waals surface area contributed by atoms with Crippen molar-refractivity contribution in [1.82, 2.24) is 0 Å². The van der Waals surface area contributed by atoms with E-state index in [-0.39, 0.29) is 16.9 Å². The maximum Gasteiger partial charge on any atom is 0.199 e. The first-order valence-corrected chi connectivity index (χ1v) is 6.34. The lowest BCUT2D eigenvalue weighted by Crippen LogP contribution is -2.14. The first-order chi connectivity index (χ1) is 7.74. The van der Waals surface area contributed by atoms with Crippen molar-refractivity contribution in [2.24, 2.45) is 0 Å². The minimum atomic E-state index is -0.181. The molecule has 0 unspecified atom stereocenters. The van der Waals surface area contributed by atoms with Gasteiger partial charge in [-0.1, -0.05) is 31.0 Å². The Bertz CT molecular complexity index is 276. The fraction of sp³-hybridized carbons (Fsp3) is 0.615. The second kappa shape index (κ2) is 7.50. The molecule has 0 spiro atoms. The van der Waals surface area contributed by atoms with Crippen molar-refractivity contribution >= 4 is 17.4 Å². The van der Waals surface area contributed by atoms with Crippen LogP contribution in [0.2, 0.25) is 0 Å². The van der Waals surface area contributed by atoms with Gasteiger partial charge in [0.2, 0.25) is 0 Å². The van der Waals surface area contributed by atoms with Crippen LogP contribution in [0.4, 0.5) is 0 Å². The third kappa shape index (κ3) is 4.84. The van der Waals surface area contributed by atoms with Crippen molar-refractivity contribution in [1.29, 1.82) is 0 Å². The number of halogens is 1. The molecule has 0 aromatic heterocycles. The minimum absolute atomic E-state index is 0.162. The van der Waals surface area contributed by atoms with Crippen LogP contribution < -0.4 is 0 Å². The fourth-order valence-corrected chi connectivity index (χ4v) is 1.83. The second-order valence-electron chi connectivity index (χ2n) is 4.04.